The van der Waals surface area contributed by atoms with Crippen LogP contribution < -0.4 is 15.4 Å². The summed E-state index contributed by atoms with van der Waals surface area (Å²) in [5, 5.41) is 6.78. The van der Waals surface area contributed by atoms with Crippen LogP contribution in [0.5, 0.6) is 5.75 Å². The summed E-state index contributed by atoms with van der Waals surface area (Å²) < 4.78 is 5.21. The van der Waals surface area contributed by atoms with Crippen molar-refractivity contribution in [2.75, 3.05) is 17.7 Å². The van der Waals surface area contributed by atoms with Crippen molar-refractivity contribution in [3.63, 3.8) is 0 Å². The van der Waals surface area contributed by atoms with Gasteiger partial charge in [-0.2, -0.15) is 4.98 Å². The maximum absolute atomic E-state index is 5.21. The quantitative estimate of drug-likeness (QED) is 0.592. The average molecular weight is 362 g/mol. The predicted octanol–water partition coefficient (Wildman–Crippen LogP) is 4.97. The highest BCUT2D eigenvalue weighted by molar-refractivity contribution is 5.64. The SMILES string of the molecule is CCC(C)Nc1nc(NCc2ccc(OC)cc2)cc(-c2ccccc2)n1. The Morgan fingerprint density at radius 3 is 2.41 bits per heavy atom. The minimum atomic E-state index is 0.311. The van der Waals surface area contributed by atoms with Crippen LogP contribution in [-0.4, -0.2) is 23.1 Å². The lowest BCUT2D eigenvalue weighted by Gasteiger charge is -2.15. The highest BCUT2D eigenvalue weighted by atomic mass is 16.5. The van der Waals surface area contributed by atoms with Crippen LogP contribution in [0.1, 0.15) is 25.8 Å². The molecule has 2 N–H and O–H groups in total. The number of hydrogen-bond donors (Lipinski definition) is 2. The van der Waals surface area contributed by atoms with Crippen LogP contribution >= 0.6 is 0 Å². The molecule has 27 heavy (non-hydrogen) atoms. The largest absolute Gasteiger partial charge is 0.497 e. The first-order valence-corrected chi connectivity index (χ1v) is 9.25. The highest BCUT2D eigenvalue weighted by Gasteiger charge is 2.09. The van der Waals surface area contributed by atoms with Crippen LogP contribution in [0.25, 0.3) is 11.3 Å². The van der Waals surface area contributed by atoms with Gasteiger partial charge in [-0.25, -0.2) is 4.98 Å². The van der Waals surface area contributed by atoms with Gasteiger partial charge >= 0.3 is 0 Å². The molecule has 0 aliphatic carbocycles. The molecule has 1 unspecified atom stereocenters. The van der Waals surface area contributed by atoms with E-state index in [1.54, 1.807) is 7.11 Å². The number of anilines is 2. The second-order valence-electron chi connectivity index (χ2n) is 6.48. The molecule has 3 rings (SSSR count). The molecule has 0 saturated heterocycles. The van der Waals surface area contributed by atoms with Gasteiger partial charge in [-0.05, 0) is 31.0 Å². The number of rotatable bonds is 8. The van der Waals surface area contributed by atoms with E-state index in [2.05, 4.69) is 41.6 Å². The van der Waals surface area contributed by atoms with Gasteiger partial charge in [-0.1, -0.05) is 49.4 Å². The number of methoxy groups -OCH3 is 1. The molecule has 2 aromatic carbocycles. The molecule has 0 aliphatic heterocycles. The molecular formula is C22H26N4O. The van der Waals surface area contributed by atoms with Crippen molar-refractivity contribution in [1.82, 2.24) is 9.97 Å². The fourth-order valence-corrected chi connectivity index (χ4v) is 2.62. The minimum Gasteiger partial charge on any atom is -0.497 e. The molecule has 0 aliphatic rings. The minimum absolute atomic E-state index is 0.311. The topological polar surface area (TPSA) is 59.1 Å². The standard InChI is InChI=1S/C22H26N4O/c1-4-16(2)24-22-25-20(18-8-6-5-7-9-18)14-21(26-22)23-15-17-10-12-19(27-3)13-11-17/h5-14,16H,4,15H2,1-3H3,(H2,23,24,25,26). The maximum Gasteiger partial charge on any atom is 0.225 e. The average Bonchev–Trinajstić information content (AvgIpc) is 2.73. The van der Waals surface area contributed by atoms with Gasteiger partial charge < -0.3 is 15.4 Å². The number of ether oxygens (including phenoxy) is 1. The Morgan fingerprint density at radius 2 is 1.74 bits per heavy atom. The van der Waals surface area contributed by atoms with Crippen LogP contribution in [0.3, 0.4) is 0 Å². The Bertz CT molecular complexity index is 850. The zero-order valence-electron chi connectivity index (χ0n) is 16.1. The van der Waals surface area contributed by atoms with Crippen molar-refractivity contribution in [2.24, 2.45) is 0 Å². The van der Waals surface area contributed by atoms with E-state index < -0.39 is 0 Å². The summed E-state index contributed by atoms with van der Waals surface area (Å²) in [4.78, 5) is 9.33. The summed E-state index contributed by atoms with van der Waals surface area (Å²) in [6.45, 7) is 4.95. The van der Waals surface area contributed by atoms with Gasteiger partial charge in [0.2, 0.25) is 5.95 Å². The smallest absolute Gasteiger partial charge is 0.225 e. The molecule has 3 aromatic rings. The molecular weight excluding hydrogens is 336 g/mol. The second kappa shape index (κ2) is 9.03. The maximum atomic E-state index is 5.21. The van der Waals surface area contributed by atoms with Gasteiger partial charge in [0.15, 0.2) is 0 Å². The van der Waals surface area contributed by atoms with Crippen molar-refractivity contribution in [3.8, 4) is 17.0 Å². The Labute approximate surface area is 160 Å². The summed E-state index contributed by atoms with van der Waals surface area (Å²) in [5.74, 6) is 2.29. The number of hydrogen-bond acceptors (Lipinski definition) is 5. The molecule has 0 saturated carbocycles. The van der Waals surface area contributed by atoms with E-state index in [9.17, 15) is 0 Å². The van der Waals surface area contributed by atoms with Gasteiger partial charge in [0, 0.05) is 24.2 Å². The van der Waals surface area contributed by atoms with E-state index in [1.165, 1.54) is 0 Å². The van der Waals surface area contributed by atoms with Crippen molar-refractivity contribution >= 4 is 11.8 Å². The summed E-state index contributed by atoms with van der Waals surface area (Å²) in [6.07, 6.45) is 1.01. The second-order valence-corrected chi connectivity index (χ2v) is 6.48. The molecule has 0 radical (unpaired) electrons. The zero-order chi connectivity index (χ0) is 19.1. The third kappa shape index (κ3) is 5.20. The van der Waals surface area contributed by atoms with Gasteiger partial charge in [0.1, 0.15) is 11.6 Å². The Hall–Kier alpha value is -3.08. The van der Waals surface area contributed by atoms with Crippen molar-refractivity contribution < 1.29 is 4.74 Å². The van der Waals surface area contributed by atoms with Gasteiger partial charge in [0.25, 0.3) is 0 Å². The van der Waals surface area contributed by atoms with Gasteiger partial charge in [-0.3, -0.25) is 0 Å². The molecule has 5 heteroatoms. The Balaban J connectivity index is 1.82. The summed E-state index contributed by atoms with van der Waals surface area (Å²) >= 11 is 0. The third-order valence-electron chi connectivity index (χ3n) is 4.42. The van der Waals surface area contributed by atoms with Crippen LogP contribution in [0.4, 0.5) is 11.8 Å². The van der Waals surface area contributed by atoms with Gasteiger partial charge in [0.05, 0.1) is 12.8 Å². The number of aromatic nitrogens is 2. The highest BCUT2D eigenvalue weighted by Crippen LogP contribution is 2.22. The number of nitrogens with zero attached hydrogens (tertiary/aromatic N) is 2. The molecule has 0 bridgehead atoms. The fraction of sp³-hybridized carbons (Fsp3) is 0.273. The van der Waals surface area contributed by atoms with Crippen molar-refractivity contribution in [1.29, 1.82) is 0 Å². The van der Waals surface area contributed by atoms with E-state index >= 15 is 0 Å². The molecule has 0 spiro atoms. The van der Waals surface area contributed by atoms with Crippen molar-refractivity contribution in [3.05, 3.63) is 66.2 Å². The van der Waals surface area contributed by atoms with Crippen LogP contribution in [0.15, 0.2) is 60.7 Å². The van der Waals surface area contributed by atoms with E-state index in [1.807, 2.05) is 48.5 Å². The van der Waals surface area contributed by atoms with E-state index in [4.69, 9.17) is 9.72 Å². The van der Waals surface area contributed by atoms with Crippen molar-refractivity contribution in [2.45, 2.75) is 32.9 Å². The van der Waals surface area contributed by atoms with Crippen LogP contribution in [-0.2, 0) is 6.54 Å². The molecule has 5 nitrogen and oxygen atoms in total. The predicted molar refractivity (Wildman–Crippen MR) is 111 cm³/mol. The molecule has 0 amide bonds. The van der Waals surface area contributed by atoms with E-state index in [0.717, 1.165) is 34.8 Å². The fourth-order valence-electron chi connectivity index (χ4n) is 2.62. The van der Waals surface area contributed by atoms with Crippen LogP contribution in [0, 0.1) is 0 Å². The monoisotopic (exact) mass is 362 g/mol. The number of benzene rings is 2. The molecule has 1 aromatic heterocycles. The molecule has 0 fully saturated rings. The molecule has 1 atom stereocenters. The molecule has 1 heterocycles. The molecule has 140 valence electrons. The number of nitrogens with one attached hydrogen (secondary N) is 2. The Kier molecular flexibility index (Phi) is 6.26. The lowest BCUT2D eigenvalue weighted by atomic mass is 10.1. The zero-order valence-corrected chi connectivity index (χ0v) is 16.1. The summed E-state index contributed by atoms with van der Waals surface area (Å²) in [5.41, 5.74) is 3.13. The summed E-state index contributed by atoms with van der Waals surface area (Å²) in [6, 6.07) is 20.5. The first-order valence-electron chi connectivity index (χ1n) is 9.25. The third-order valence-corrected chi connectivity index (χ3v) is 4.42. The first-order chi connectivity index (χ1) is 13.2. The normalized spacial score (nSPS) is 11.7. The van der Waals surface area contributed by atoms with Crippen LogP contribution in [0.2, 0.25) is 0 Å². The van der Waals surface area contributed by atoms with E-state index in [-0.39, 0.29) is 0 Å². The lowest BCUT2D eigenvalue weighted by Crippen LogP contribution is -2.16. The first kappa shape index (κ1) is 18.7. The lowest BCUT2D eigenvalue weighted by molar-refractivity contribution is 0.414. The van der Waals surface area contributed by atoms with E-state index in [0.29, 0.717) is 18.5 Å². The Morgan fingerprint density at radius 1 is 1.00 bits per heavy atom. The van der Waals surface area contributed by atoms with Gasteiger partial charge in [-0.15, -0.1) is 0 Å². The summed E-state index contributed by atoms with van der Waals surface area (Å²) in [7, 11) is 1.67.